The van der Waals surface area contributed by atoms with Gasteiger partial charge in [0.1, 0.15) is 0 Å². The molecule has 0 fully saturated rings. The van der Waals surface area contributed by atoms with Crippen molar-refractivity contribution in [3.05, 3.63) is 43.5 Å². The molecule has 0 heterocycles. The highest BCUT2D eigenvalue weighted by atomic mass is 16.6. The fraction of sp³-hybridized carbons (Fsp3) is 0.182. The molecule has 0 saturated heterocycles. The highest BCUT2D eigenvalue weighted by Gasteiger charge is 2.32. The van der Waals surface area contributed by atoms with Crippen LogP contribution in [0, 0.1) is 20.2 Å². The van der Waals surface area contributed by atoms with Gasteiger partial charge < -0.3 is 10.1 Å². The van der Waals surface area contributed by atoms with Gasteiger partial charge in [-0.05, 0) is 6.42 Å². The third-order valence-corrected chi connectivity index (χ3v) is 2.78. The molecule has 9 nitrogen and oxygen atoms in total. The van der Waals surface area contributed by atoms with Gasteiger partial charge in [0.15, 0.2) is 0 Å². The summed E-state index contributed by atoms with van der Waals surface area (Å²) in [5.74, 6) is -0.288. The van der Waals surface area contributed by atoms with E-state index < -0.39 is 21.6 Å². The van der Waals surface area contributed by atoms with Crippen molar-refractivity contribution >= 4 is 23.5 Å². The van der Waals surface area contributed by atoms with Crippen LogP contribution in [0.5, 0.6) is 5.75 Å². The summed E-state index contributed by atoms with van der Waals surface area (Å²) in [7, 11) is 1.30. The van der Waals surface area contributed by atoms with Crippen LogP contribution in [-0.4, -0.2) is 23.0 Å². The van der Waals surface area contributed by atoms with Gasteiger partial charge >= 0.3 is 11.8 Å². The van der Waals surface area contributed by atoms with Crippen molar-refractivity contribution in [2.75, 3.05) is 7.05 Å². The monoisotopic (exact) mass is 279 g/mol. The largest absolute Gasteiger partial charge is 0.412 e. The predicted molar refractivity (Wildman–Crippen MR) is 67.6 cm³/mol. The van der Waals surface area contributed by atoms with Gasteiger partial charge in [-0.25, -0.2) is 4.79 Å². The van der Waals surface area contributed by atoms with E-state index in [2.05, 4.69) is 5.32 Å². The van der Waals surface area contributed by atoms with Crippen molar-refractivity contribution in [2.24, 2.45) is 0 Å². The molecular formula is C11H9N3O6. The van der Waals surface area contributed by atoms with Crippen LogP contribution in [0.4, 0.5) is 16.2 Å². The number of fused-ring (bicyclic) bond motifs is 1. The molecule has 0 aromatic heterocycles. The van der Waals surface area contributed by atoms with E-state index in [-0.39, 0.29) is 23.4 Å². The maximum Gasteiger partial charge on any atom is 0.412 e. The first-order valence-corrected chi connectivity index (χ1v) is 5.50. The van der Waals surface area contributed by atoms with Crippen LogP contribution < -0.4 is 10.1 Å². The molecule has 0 spiro atoms. The zero-order valence-electron chi connectivity index (χ0n) is 10.3. The van der Waals surface area contributed by atoms with Crippen molar-refractivity contribution in [2.45, 2.75) is 6.42 Å². The van der Waals surface area contributed by atoms with E-state index in [4.69, 9.17) is 4.74 Å². The van der Waals surface area contributed by atoms with Crippen LogP contribution in [0.2, 0.25) is 0 Å². The summed E-state index contributed by atoms with van der Waals surface area (Å²) in [6.45, 7) is 0. The van der Waals surface area contributed by atoms with Crippen molar-refractivity contribution in [3.63, 3.8) is 0 Å². The fourth-order valence-electron chi connectivity index (χ4n) is 1.93. The lowest BCUT2D eigenvalue weighted by atomic mass is 10.1. The number of nitro groups is 2. The average molecular weight is 279 g/mol. The van der Waals surface area contributed by atoms with E-state index in [1.165, 1.54) is 13.1 Å². The number of hydrogen-bond donors (Lipinski definition) is 1. The molecular weight excluding hydrogens is 270 g/mol. The molecule has 2 rings (SSSR count). The van der Waals surface area contributed by atoms with Gasteiger partial charge in [0.05, 0.1) is 15.9 Å². The summed E-state index contributed by atoms with van der Waals surface area (Å²) >= 11 is 0. The summed E-state index contributed by atoms with van der Waals surface area (Å²) in [5.41, 5.74) is -0.499. The van der Waals surface area contributed by atoms with Gasteiger partial charge in [0, 0.05) is 18.2 Å². The van der Waals surface area contributed by atoms with Crippen LogP contribution >= 0.6 is 0 Å². The van der Waals surface area contributed by atoms with Gasteiger partial charge in [0.25, 0.3) is 5.69 Å². The topological polar surface area (TPSA) is 125 Å². The molecule has 0 atom stereocenters. The van der Waals surface area contributed by atoms with E-state index in [9.17, 15) is 25.0 Å². The van der Waals surface area contributed by atoms with Gasteiger partial charge in [-0.3, -0.25) is 20.2 Å². The van der Waals surface area contributed by atoms with Crippen LogP contribution in [-0.2, 0) is 6.42 Å². The smallest absolute Gasteiger partial charge is 0.402 e. The first kappa shape index (κ1) is 13.5. The third kappa shape index (κ3) is 2.16. The average Bonchev–Trinajstić information content (AvgIpc) is 2.87. The molecule has 0 unspecified atom stereocenters. The minimum atomic E-state index is -0.885. The second-order valence-corrected chi connectivity index (χ2v) is 3.90. The predicted octanol–water partition coefficient (Wildman–Crippen LogP) is 1.79. The molecule has 0 saturated carbocycles. The second kappa shape index (κ2) is 4.96. The fourth-order valence-corrected chi connectivity index (χ4v) is 1.93. The van der Waals surface area contributed by atoms with E-state index in [0.717, 1.165) is 6.07 Å². The minimum absolute atomic E-state index is 0.189. The van der Waals surface area contributed by atoms with E-state index in [0.29, 0.717) is 5.56 Å². The highest BCUT2D eigenvalue weighted by Crippen LogP contribution is 2.42. The Morgan fingerprint density at radius 1 is 1.30 bits per heavy atom. The normalized spacial score (nSPS) is 11.8. The molecule has 1 aromatic rings. The van der Waals surface area contributed by atoms with Crippen LogP contribution in [0.25, 0.3) is 6.08 Å². The van der Waals surface area contributed by atoms with Crippen LogP contribution in [0.1, 0.15) is 11.1 Å². The second-order valence-electron chi connectivity index (χ2n) is 3.90. The van der Waals surface area contributed by atoms with Gasteiger partial charge in [0.2, 0.25) is 5.75 Å². The summed E-state index contributed by atoms with van der Waals surface area (Å²) in [6, 6.07) is 0.810. The summed E-state index contributed by atoms with van der Waals surface area (Å²) in [4.78, 5) is 31.7. The third-order valence-electron chi connectivity index (χ3n) is 2.78. The molecule has 0 bridgehead atoms. The number of nitrogens with zero attached hydrogens (tertiary/aromatic N) is 2. The summed E-state index contributed by atoms with van der Waals surface area (Å²) in [5, 5.41) is 24.1. The summed E-state index contributed by atoms with van der Waals surface area (Å²) < 4.78 is 4.87. The SMILES string of the molecule is CNC(=O)Oc1c([N+](=O)[O-])cc([N+](=O)[O-])c2c1C=CC2. The molecule has 1 amide bonds. The molecule has 1 aliphatic carbocycles. The van der Waals surface area contributed by atoms with Crippen LogP contribution in [0.15, 0.2) is 12.1 Å². The zero-order valence-corrected chi connectivity index (χ0v) is 10.3. The lowest BCUT2D eigenvalue weighted by molar-refractivity contribution is -0.395. The number of benzene rings is 1. The lowest BCUT2D eigenvalue weighted by Crippen LogP contribution is -2.23. The molecule has 1 aromatic carbocycles. The first-order valence-electron chi connectivity index (χ1n) is 5.50. The van der Waals surface area contributed by atoms with Crippen LogP contribution in [0.3, 0.4) is 0 Å². The molecule has 104 valence electrons. The van der Waals surface area contributed by atoms with Crippen molar-refractivity contribution in [1.29, 1.82) is 0 Å². The van der Waals surface area contributed by atoms with Gasteiger partial charge in [-0.1, -0.05) is 12.2 Å². The molecule has 0 radical (unpaired) electrons. The number of nitrogens with one attached hydrogen (secondary N) is 1. The number of rotatable bonds is 3. The quantitative estimate of drug-likeness (QED) is 0.664. The number of hydrogen-bond acceptors (Lipinski definition) is 6. The Labute approximate surface area is 112 Å². The Kier molecular flexibility index (Phi) is 3.34. The van der Waals surface area contributed by atoms with Crippen molar-refractivity contribution in [3.8, 4) is 5.75 Å². The zero-order chi connectivity index (χ0) is 14.9. The maximum absolute atomic E-state index is 11.3. The van der Waals surface area contributed by atoms with E-state index in [1.54, 1.807) is 6.08 Å². The first-order chi connectivity index (χ1) is 9.45. The van der Waals surface area contributed by atoms with E-state index in [1.807, 2.05) is 0 Å². The van der Waals surface area contributed by atoms with Crippen molar-refractivity contribution < 1.29 is 19.4 Å². The highest BCUT2D eigenvalue weighted by molar-refractivity contribution is 5.81. The number of carbonyl (C=O) groups is 1. The van der Waals surface area contributed by atoms with E-state index >= 15 is 0 Å². The lowest BCUT2D eigenvalue weighted by Gasteiger charge is -2.09. The Morgan fingerprint density at radius 2 is 1.95 bits per heavy atom. The molecule has 0 aliphatic heterocycles. The van der Waals surface area contributed by atoms with Gasteiger partial charge in [-0.15, -0.1) is 0 Å². The molecule has 1 N–H and O–H groups in total. The molecule has 1 aliphatic rings. The molecule has 20 heavy (non-hydrogen) atoms. The Balaban J connectivity index is 2.68. The van der Waals surface area contributed by atoms with Gasteiger partial charge in [-0.2, -0.15) is 0 Å². The molecule has 9 heteroatoms. The Hall–Kier alpha value is -2.97. The number of ether oxygens (including phenoxy) is 1. The number of amides is 1. The number of allylic oxidation sites excluding steroid dienone is 1. The Bertz CT molecular complexity index is 652. The number of carbonyl (C=O) groups excluding carboxylic acids is 1. The Morgan fingerprint density at radius 3 is 2.50 bits per heavy atom. The number of nitro benzene ring substituents is 2. The standard InChI is InChI=1S/C11H9N3O6/c1-12-11(15)20-10-7-4-2-3-6(7)8(13(16)17)5-9(10)14(18)19/h2,4-5H,3H2,1H3,(H,12,15). The minimum Gasteiger partial charge on any atom is -0.402 e. The summed E-state index contributed by atoms with van der Waals surface area (Å²) in [6.07, 6.45) is 2.45. The maximum atomic E-state index is 11.3. The van der Waals surface area contributed by atoms with Crippen molar-refractivity contribution in [1.82, 2.24) is 5.32 Å².